The van der Waals surface area contributed by atoms with E-state index in [2.05, 4.69) is 0 Å². The molecule has 20 heavy (non-hydrogen) atoms. The third-order valence-electron chi connectivity index (χ3n) is 2.98. The van der Waals surface area contributed by atoms with Crippen molar-refractivity contribution in [1.29, 1.82) is 0 Å². The fourth-order valence-corrected chi connectivity index (χ4v) is 1.84. The lowest BCUT2D eigenvalue weighted by atomic mass is 10.3. The van der Waals surface area contributed by atoms with Crippen LogP contribution in [0, 0.1) is 6.92 Å². The number of esters is 1. The molecule has 0 spiro atoms. The quantitative estimate of drug-likeness (QED) is 0.628. The van der Waals surface area contributed by atoms with E-state index in [1.165, 1.54) is 0 Å². The highest BCUT2D eigenvalue weighted by molar-refractivity contribution is 6.30. The third kappa shape index (κ3) is 3.54. The minimum absolute atomic E-state index is 0.200. The van der Waals surface area contributed by atoms with E-state index in [4.69, 9.17) is 21.1 Å². The Hall–Kier alpha value is -1.94. The molecule has 0 aliphatic carbocycles. The highest BCUT2D eigenvalue weighted by Gasteiger charge is 2.11. The van der Waals surface area contributed by atoms with Crippen molar-refractivity contribution in [2.45, 2.75) is 6.92 Å². The minimum Gasteiger partial charge on any atom is -0.490 e. The zero-order valence-corrected chi connectivity index (χ0v) is 12.2. The summed E-state index contributed by atoms with van der Waals surface area (Å²) < 4.78 is 12.4. The number of rotatable bonds is 5. The van der Waals surface area contributed by atoms with Gasteiger partial charge in [0, 0.05) is 17.8 Å². The Morgan fingerprint density at radius 3 is 2.45 bits per heavy atom. The van der Waals surface area contributed by atoms with E-state index in [0.717, 1.165) is 5.69 Å². The van der Waals surface area contributed by atoms with E-state index >= 15 is 0 Å². The molecule has 0 atom stereocenters. The Morgan fingerprint density at radius 2 is 1.85 bits per heavy atom. The van der Waals surface area contributed by atoms with Gasteiger partial charge in [-0.1, -0.05) is 11.6 Å². The Labute approximate surface area is 122 Å². The molecule has 0 radical (unpaired) electrons. The van der Waals surface area contributed by atoms with Crippen LogP contribution in [0.1, 0.15) is 16.2 Å². The number of ether oxygens (including phenoxy) is 2. The Balaban J connectivity index is 1.77. The largest absolute Gasteiger partial charge is 0.490 e. The van der Waals surface area contributed by atoms with Gasteiger partial charge in [-0.15, -0.1) is 0 Å². The van der Waals surface area contributed by atoms with Crippen LogP contribution in [0.3, 0.4) is 0 Å². The lowest BCUT2D eigenvalue weighted by Crippen LogP contribution is -2.15. The second-order valence-corrected chi connectivity index (χ2v) is 4.79. The number of carbonyl (C=O) groups excluding carboxylic acids is 1. The monoisotopic (exact) mass is 293 g/mol. The molecule has 0 bridgehead atoms. The molecule has 0 saturated heterocycles. The molecule has 2 rings (SSSR count). The van der Waals surface area contributed by atoms with Gasteiger partial charge in [0.15, 0.2) is 0 Å². The summed E-state index contributed by atoms with van der Waals surface area (Å²) in [6.07, 6.45) is 0. The molecule has 2 aromatic rings. The summed E-state index contributed by atoms with van der Waals surface area (Å²) in [7, 11) is 1.83. The molecule has 1 aromatic heterocycles. The van der Waals surface area contributed by atoms with Crippen LogP contribution >= 0.6 is 11.6 Å². The molecule has 106 valence electrons. The molecule has 4 nitrogen and oxygen atoms in total. The van der Waals surface area contributed by atoms with E-state index < -0.39 is 0 Å². The summed E-state index contributed by atoms with van der Waals surface area (Å²) in [6, 6.07) is 10.7. The van der Waals surface area contributed by atoms with Crippen molar-refractivity contribution in [1.82, 2.24) is 4.57 Å². The summed E-state index contributed by atoms with van der Waals surface area (Å²) in [6.45, 7) is 2.43. The molecule has 1 heterocycles. The molecule has 1 aromatic carbocycles. The van der Waals surface area contributed by atoms with Gasteiger partial charge in [0.25, 0.3) is 0 Å². The first-order valence-electron chi connectivity index (χ1n) is 6.26. The standard InChI is InChI=1S/C15H16ClNO3/c1-11-3-8-14(17(11)2)15(18)20-10-9-19-13-6-4-12(16)5-7-13/h3-8H,9-10H2,1-2H3. The topological polar surface area (TPSA) is 40.5 Å². The van der Waals surface area contributed by atoms with Crippen molar-refractivity contribution in [3.8, 4) is 5.75 Å². The van der Waals surface area contributed by atoms with Crippen molar-refractivity contribution < 1.29 is 14.3 Å². The predicted octanol–water partition coefficient (Wildman–Crippen LogP) is 3.22. The van der Waals surface area contributed by atoms with Crippen LogP contribution in [0.2, 0.25) is 5.02 Å². The zero-order valence-electron chi connectivity index (χ0n) is 11.4. The van der Waals surface area contributed by atoms with Gasteiger partial charge in [0.05, 0.1) is 0 Å². The SMILES string of the molecule is Cc1ccc(C(=O)OCCOc2ccc(Cl)cc2)n1C. The zero-order chi connectivity index (χ0) is 14.5. The summed E-state index contributed by atoms with van der Waals surface area (Å²) in [5.74, 6) is 0.348. The van der Waals surface area contributed by atoms with E-state index in [1.54, 1.807) is 34.9 Å². The van der Waals surface area contributed by atoms with Crippen LogP contribution in [0.4, 0.5) is 0 Å². The van der Waals surface area contributed by atoms with E-state index in [1.807, 2.05) is 20.0 Å². The van der Waals surface area contributed by atoms with Crippen LogP contribution in [-0.2, 0) is 11.8 Å². The lowest BCUT2D eigenvalue weighted by Gasteiger charge is -2.08. The number of nitrogens with zero attached hydrogens (tertiary/aromatic N) is 1. The minimum atomic E-state index is -0.347. The number of carbonyl (C=O) groups is 1. The maximum Gasteiger partial charge on any atom is 0.355 e. The van der Waals surface area contributed by atoms with Crippen LogP contribution in [0.5, 0.6) is 5.75 Å². The molecule has 0 aliphatic rings. The number of benzene rings is 1. The van der Waals surface area contributed by atoms with Crippen molar-refractivity contribution in [2.24, 2.45) is 7.05 Å². The molecule has 0 N–H and O–H groups in total. The Kier molecular flexibility index (Phi) is 4.69. The van der Waals surface area contributed by atoms with Gasteiger partial charge < -0.3 is 14.0 Å². The molecule has 5 heteroatoms. The third-order valence-corrected chi connectivity index (χ3v) is 3.23. The second kappa shape index (κ2) is 6.48. The summed E-state index contributed by atoms with van der Waals surface area (Å²) in [5.41, 5.74) is 1.54. The van der Waals surface area contributed by atoms with Crippen molar-refractivity contribution in [3.63, 3.8) is 0 Å². The molecule has 0 amide bonds. The lowest BCUT2D eigenvalue weighted by molar-refractivity contribution is 0.0439. The van der Waals surface area contributed by atoms with Gasteiger partial charge in [0.2, 0.25) is 0 Å². The van der Waals surface area contributed by atoms with Crippen LogP contribution < -0.4 is 4.74 Å². The number of halogens is 1. The van der Waals surface area contributed by atoms with Crippen molar-refractivity contribution >= 4 is 17.6 Å². The Morgan fingerprint density at radius 1 is 1.15 bits per heavy atom. The fraction of sp³-hybridized carbons (Fsp3) is 0.267. The molecule has 0 unspecified atom stereocenters. The number of aromatic nitrogens is 1. The van der Waals surface area contributed by atoms with E-state index in [9.17, 15) is 4.79 Å². The predicted molar refractivity (Wildman–Crippen MR) is 77.4 cm³/mol. The Bertz CT molecular complexity index is 590. The average Bonchev–Trinajstić information content (AvgIpc) is 2.77. The van der Waals surface area contributed by atoms with Gasteiger partial charge in [0.1, 0.15) is 24.7 Å². The van der Waals surface area contributed by atoms with Gasteiger partial charge in [-0.05, 0) is 43.3 Å². The summed E-state index contributed by atoms with van der Waals surface area (Å²) in [5, 5.41) is 0.655. The molecular weight excluding hydrogens is 278 g/mol. The van der Waals surface area contributed by atoms with E-state index in [0.29, 0.717) is 23.1 Å². The number of aryl methyl sites for hydroxylation is 1. The normalized spacial score (nSPS) is 10.3. The summed E-state index contributed by atoms with van der Waals surface area (Å²) in [4.78, 5) is 11.8. The summed E-state index contributed by atoms with van der Waals surface area (Å²) >= 11 is 5.77. The molecule has 0 aliphatic heterocycles. The number of hydrogen-bond acceptors (Lipinski definition) is 3. The van der Waals surface area contributed by atoms with Gasteiger partial charge >= 0.3 is 5.97 Å². The fourth-order valence-electron chi connectivity index (χ4n) is 1.72. The first-order valence-corrected chi connectivity index (χ1v) is 6.63. The van der Waals surface area contributed by atoms with Crippen LogP contribution in [0.15, 0.2) is 36.4 Å². The highest BCUT2D eigenvalue weighted by Crippen LogP contribution is 2.15. The second-order valence-electron chi connectivity index (χ2n) is 4.36. The smallest absolute Gasteiger partial charge is 0.355 e. The maximum absolute atomic E-state index is 11.8. The van der Waals surface area contributed by atoms with Crippen molar-refractivity contribution in [2.75, 3.05) is 13.2 Å². The van der Waals surface area contributed by atoms with Crippen molar-refractivity contribution in [3.05, 3.63) is 52.8 Å². The van der Waals surface area contributed by atoms with Gasteiger partial charge in [-0.3, -0.25) is 0 Å². The van der Waals surface area contributed by atoms with Crippen LogP contribution in [0.25, 0.3) is 0 Å². The van der Waals surface area contributed by atoms with Gasteiger partial charge in [-0.25, -0.2) is 4.79 Å². The molecule has 0 fully saturated rings. The van der Waals surface area contributed by atoms with E-state index in [-0.39, 0.29) is 12.6 Å². The first kappa shape index (κ1) is 14.5. The van der Waals surface area contributed by atoms with Gasteiger partial charge in [-0.2, -0.15) is 0 Å². The highest BCUT2D eigenvalue weighted by atomic mass is 35.5. The average molecular weight is 294 g/mol. The van der Waals surface area contributed by atoms with Crippen LogP contribution in [-0.4, -0.2) is 23.8 Å². The molecule has 0 saturated carbocycles. The molecular formula is C15H16ClNO3. The first-order chi connectivity index (χ1) is 9.58. The maximum atomic E-state index is 11.8. The number of hydrogen-bond donors (Lipinski definition) is 0.